The Morgan fingerprint density at radius 1 is 1.30 bits per heavy atom. The molecule has 0 radical (unpaired) electrons. The van der Waals surface area contributed by atoms with Crippen molar-refractivity contribution in [3.8, 4) is 0 Å². The Labute approximate surface area is 121 Å². The van der Waals surface area contributed by atoms with Crippen LogP contribution in [-0.4, -0.2) is 16.1 Å². The third-order valence-electron chi connectivity index (χ3n) is 3.91. The van der Waals surface area contributed by atoms with Gasteiger partial charge in [0.05, 0.1) is 6.33 Å². The summed E-state index contributed by atoms with van der Waals surface area (Å²) in [7, 11) is 0. The van der Waals surface area contributed by atoms with Gasteiger partial charge in [-0.1, -0.05) is 43.7 Å². The van der Waals surface area contributed by atoms with Crippen LogP contribution < -0.4 is 5.73 Å². The molecule has 1 aromatic heterocycles. The Morgan fingerprint density at radius 3 is 2.75 bits per heavy atom. The van der Waals surface area contributed by atoms with Gasteiger partial charge in [-0.2, -0.15) is 0 Å². The van der Waals surface area contributed by atoms with Crippen LogP contribution >= 0.6 is 0 Å². The summed E-state index contributed by atoms with van der Waals surface area (Å²) in [4.78, 5) is 4.31. The molecule has 1 atom stereocenters. The molecule has 3 heteroatoms. The number of aryl methyl sites for hydroxylation is 3. The molecule has 0 aliphatic rings. The molecule has 2 N–H and O–H groups in total. The van der Waals surface area contributed by atoms with Crippen LogP contribution in [-0.2, 0) is 13.0 Å². The molecule has 108 valence electrons. The summed E-state index contributed by atoms with van der Waals surface area (Å²) in [5, 5.41) is 0. The predicted molar refractivity (Wildman–Crippen MR) is 83.7 cm³/mol. The van der Waals surface area contributed by atoms with E-state index in [0.717, 1.165) is 13.0 Å². The first-order valence-corrected chi connectivity index (χ1v) is 7.37. The number of imidazole rings is 1. The molecule has 1 aromatic carbocycles. The lowest BCUT2D eigenvalue weighted by atomic mass is 9.93. The van der Waals surface area contributed by atoms with Gasteiger partial charge >= 0.3 is 0 Å². The first kappa shape index (κ1) is 14.8. The third kappa shape index (κ3) is 3.48. The molecule has 20 heavy (non-hydrogen) atoms. The van der Waals surface area contributed by atoms with E-state index in [0.29, 0.717) is 18.4 Å². The topological polar surface area (TPSA) is 43.8 Å². The molecule has 0 saturated heterocycles. The van der Waals surface area contributed by atoms with E-state index < -0.39 is 0 Å². The molecule has 2 rings (SSSR count). The van der Waals surface area contributed by atoms with E-state index in [-0.39, 0.29) is 0 Å². The fourth-order valence-corrected chi connectivity index (χ4v) is 2.68. The van der Waals surface area contributed by atoms with Crippen LogP contribution in [0.25, 0.3) is 0 Å². The Bertz CT molecular complexity index is 543. The van der Waals surface area contributed by atoms with E-state index in [9.17, 15) is 0 Å². The highest BCUT2D eigenvalue weighted by Crippen LogP contribution is 2.23. The van der Waals surface area contributed by atoms with Gasteiger partial charge in [-0.05, 0) is 24.8 Å². The van der Waals surface area contributed by atoms with Gasteiger partial charge in [0.25, 0.3) is 0 Å². The summed E-state index contributed by atoms with van der Waals surface area (Å²) in [6.07, 6.45) is 4.92. The minimum Gasteiger partial charge on any atom is -0.334 e. The summed E-state index contributed by atoms with van der Waals surface area (Å²) in [5.74, 6) is 0.921. The lowest BCUT2D eigenvalue weighted by molar-refractivity contribution is 0.471. The van der Waals surface area contributed by atoms with Crippen molar-refractivity contribution in [3.05, 3.63) is 53.6 Å². The highest BCUT2D eigenvalue weighted by Gasteiger charge is 2.17. The zero-order valence-corrected chi connectivity index (χ0v) is 12.7. The zero-order chi connectivity index (χ0) is 14.5. The van der Waals surface area contributed by atoms with Crippen LogP contribution in [0.1, 0.15) is 36.6 Å². The van der Waals surface area contributed by atoms with Crippen molar-refractivity contribution in [3.63, 3.8) is 0 Å². The SMILES string of the molecule is Cc1cccc(CCn2cncc2C(CN)C(C)C)c1. The molecule has 0 aliphatic carbocycles. The van der Waals surface area contributed by atoms with Crippen molar-refractivity contribution in [1.29, 1.82) is 0 Å². The summed E-state index contributed by atoms with van der Waals surface area (Å²) >= 11 is 0. The maximum absolute atomic E-state index is 5.92. The molecule has 1 unspecified atom stereocenters. The Hall–Kier alpha value is -1.61. The number of nitrogens with two attached hydrogens (primary N) is 1. The molecule has 3 nitrogen and oxygen atoms in total. The summed E-state index contributed by atoms with van der Waals surface area (Å²) in [5.41, 5.74) is 9.87. The maximum Gasteiger partial charge on any atom is 0.0948 e. The Kier molecular flexibility index (Phi) is 4.96. The largest absolute Gasteiger partial charge is 0.334 e. The second kappa shape index (κ2) is 6.71. The van der Waals surface area contributed by atoms with Crippen molar-refractivity contribution in [1.82, 2.24) is 9.55 Å². The average molecular weight is 271 g/mol. The van der Waals surface area contributed by atoms with E-state index in [2.05, 4.69) is 54.6 Å². The standard InChI is InChI=1S/C17H25N3/c1-13(2)16(10-18)17-11-19-12-20(17)8-7-15-6-4-5-14(3)9-15/h4-6,9,11-13,16H,7-8,10,18H2,1-3H3. The van der Waals surface area contributed by atoms with Crippen LogP contribution in [0.4, 0.5) is 0 Å². The minimum absolute atomic E-state index is 0.384. The first-order valence-electron chi connectivity index (χ1n) is 7.37. The van der Waals surface area contributed by atoms with Gasteiger partial charge in [-0.15, -0.1) is 0 Å². The second-order valence-electron chi connectivity index (χ2n) is 5.84. The molecule has 0 saturated carbocycles. The number of hydrogen-bond donors (Lipinski definition) is 1. The smallest absolute Gasteiger partial charge is 0.0948 e. The molecule has 0 aliphatic heterocycles. The molecule has 0 fully saturated rings. The van der Waals surface area contributed by atoms with Crippen molar-refractivity contribution < 1.29 is 0 Å². The fraction of sp³-hybridized carbons (Fsp3) is 0.471. The van der Waals surface area contributed by atoms with Crippen LogP contribution in [0.3, 0.4) is 0 Å². The number of rotatable bonds is 6. The van der Waals surface area contributed by atoms with Gasteiger partial charge < -0.3 is 10.3 Å². The predicted octanol–water partition coefficient (Wildman–Crippen LogP) is 3.13. The monoisotopic (exact) mass is 271 g/mol. The summed E-state index contributed by atoms with van der Waals surface area (Å²) < 4.78 is 2.25. The lowest BCUT2D eigenvalue weighted by Crippen LogP contribution is -2.21. The van der Waals surface area contributed by atoms with E-state index in [1.54, 1.807) is 0 Å². The van der Waals surface area contributed by atoms with Crippen molar-refractivity contribution in [2.75, 3.05) is 6.54 Å². The average Bonchev–Trinajstić information content (AvgIpc) is 2.85. The van der Waals surface area contributed by atoms with E-state index in [1.807, 2.05) is 12.5 Å². The van der Waals surface area contributed by atoms with Crippen LogP contribution in [0.15, 0.2) is 36.8 Å². The quantitative estimate of drug-likeness (QED) is 0.877. The summed E-state index contributed by atoms with van der Waals surface area (Å²) in [6.45, 7) is 8.20. The van der Waals surface area contributed by atoms with Gasteiger partial charge in [0.15, 0.2) is 0 Å². The third-order valence-corrected chi connectivity index (χ3v) is 3.91. The first-order chi connectivity index (χ1) is 9.61. The Balaban J connectivity index is 2.09. The number of hydrogen-bond acceptors (Lipinski definition) is 2. The van der Waals surface area contributed by atoms with Crippen LogP contribution in [0.2, 0.25) is 0 Å². The molecular formula is C17H25N3. The maximum atomic E-state index is 5.92. The fourth-order valence-electron chi connectivity index (χ4n) is 2.68. The second-order valence-corrected chi connectivity index (χ2v) is 5.84. The molecule has 0 spiro atoms. The molecule has 0 amide bonds. The lowest BCUT2D eigenvalue weighted by Gasteiger charge is -2.20. The van der Waals surface area contributed by atoms with E-state index >= 15 is 0 Å². The molecule has 2 aromatic rings. The van der Waals surface area contributed by atoms with Crippen LogP contribution in [0, 0.1) is 12.8 Å². The van der Waals surface area contributed by atoms with Crippen molar-refractivity contribution >= 4 is 0 Å². The van der Waals surface area contributed by atoms with E-state index in [1.165, 1.54) is 16.8 Å². The van der Waals surface area contributed by atoms with Gasteiger partial charge in [0, 0.05) is 30.9 Å². The van der Waals surface area contributed by atoms with Crippen molar-refractivity contribution in [2.24, 2.45) is 11.7 Å². The minimum atomic E-state index is 0.384. The van der Waals surface area contributed by atoms with Gasteiger partial charge in [-0.25, -0.2) is 4.98 Å². The summed E-state index contributed by atoms with van der Waals surface area (Å²) in [6, 6.07) is 8.69. The van der Waals surface area contributed by atoms with Crippen molar-refractivity contribution in [2.45, 2.75) is 39.7 Å². The highest BCUT2D eigenvalue weighted by atomic mass is 15.0. The normalized spacial score (nSPS) is 12.8. The number of benzene rings is 1. The molecule has 0 bridgehead atoms. The molecule has 1 heterocycles. The van der Waals surface area contributed by atoms with E-state index in [4.69, 9.17) is 5.73 Å². The zero-order valence-electron chi connectivity index (χ0n) is 12.7. The van der Waals surface area contributed by atoms with Gasteiger partial charge in [0.1, 0.15) is 0 Å². The molecular weight excluding hydrogens is 246 g/mol. The van der Waals surface area contributed by atoms with Gasteiger partial charge in [-0.3, -0.25) is 0 Å². The van der Waals surface area contributed by atoms with Crippen LogP contribution in [0.5, 0.6) is 0 Å². The highest BCUT2D eigenvalue weighted by molar-refractivity contribution is 5.22. The van der Waals surface area contributed by atoms with Gasteiger partial charge in [0.2, 0.25) is 0 Å². The Morgan fingerprint density at radius 2 is 2.10 bits per heavy atom. The number of nitrogens with zero attached hydrogens (tertiary/aromatic N) is 2. The number of aromatic nitrogens is 2.